The molecule has 0 unspecified atom stereocenters. The lowest BCUT2D eigenvalue weighted by Crippen LogP contribution is -2.40. The van der Waals surface area contributed by atoms with E-state index in [9.17, 15) is 9.59 Å². The number of hydrogen-bond donors (Lipinski definition) is 0. The van der Waals surface area contributed by atoms with E-state index >= 15 is 0 Å². The number of nitrogens with zero attached hydrogens (tertiary/aromatic N) is 2. The number of rotatable bonds is 6. The predicted molar refractivity (Wildman–Crippen MR) is 88.4 cm³/mol. The van der Waals surface area contributed by atoms with E-state index in [1.807, 2.05) is 36.0 Å². The fourth-order valence-electron chi connectivity index (χ4n) is 2.49. The van der Waals surface area contributed by atoms with Crippen molar-refractivity contribution < 1.29 is 9.59 Å². The molecule has 2 atom stereocenters. The smallest absolute Gasteiger partial charge is 0.236 e. The van der Waals surface area contributed by atoms with E-state index in [4.69, 9.17) is 0 Å². The average molecular weight is 326 g/mol. The van der Waals surface area contributed by atoms with Crippen molar-refractivity contribution in [2.75, 3.05) is 19.6 Å². The minimum Gasteiger partial charge on any atom is -0.341 e. The summed E-state index contributed by atoms with van der Waals surface area (Å²) in [7, 11) is 0. The Bertz CT molecular complexity index is 490. The molecule has 0 aliphatic carbocycles. The molecule has 0 radical (unpaired) electrons. The van der Waals surface area contributed by atoms with Crippen LogP contribution in [0.2, 0.25) is 0 Å². The summed E-state index contributed by atoms with van der Waals surface area (Å²) in [5.41, 5.74) is 1.19. The van der Waals surface area contributed by atoms with Crippen molar-refractivity contribution in [3.8, 4) is 0 Å². The molecule has 2 heterocycles. The number of carbonyl (C=O) groups excluding carboxylic acids is 2. The number of thioether (sulfide) groups is 1. The molecule has 2 amide bonds. The molecule has 1 aromatic rings. The first-order valence-electron chi connectivity index (χ1n) is 7.34. The largest absolute Gasteiger partial charge is 0.341 e. The number of thiophene rings is 1. The van der Waals surface area contributed by atoms with Crippen molar-refractivity contribution in [1.29, 1.82) is 0 Å². The molecule has 0 aromatic carbocycles. The molecule has 2 rings (SSSR count). The molecule has 116 valence electrons. The molecule has 0 bridgehead atoms. The van der Waals surface area contributed by atoms with E-state index in [1.165, 1.54) is 5.56 Å². The topological polar surface area (TPSA) is 40.6 Å². The average Bonchev–Trinajstić information content (AvgIpc) is 3.10. The second kappa shape index (κ2) is 7.31. The van der Waals surface area contributed by atoms with Gasteiger partial charge in [-0.05, 0) is 36.2 Å². The van der Waals surface area contributed by atoms with Gasteiger partial charge >= 0.3 is 0 Å². The monoisotopic (exact) mass is 326 g/mol. The predicted octanol–water partition coefficient (Wildman–Crippen LogP) is 2.97. The van der Waals surface area contributed by atoms with Gasteiger partial charge in [0.1, 0.15) is 5.37 Å². The van der Waals surface area contributed by atoms with E-state index in [0.29, 0.717) is 26.1 Å². The van der Waals surface area contributed by atoms with Crippen molar-refractivity contribution in [3.05, 3.63) is 22.4 Å². The van der Waals surface area contributed by atoms with Crippen LogP contribution in [0.5, 0.6) is 0 Å². The van der Waals surface area contributed by atoms with Gasteiger partial charge in [0.05, 0.1) is 5.25 Å². The van der Waals surface area contributed by atoms with Gasteiger partial charge in [-0.3, -0.25) is 9.59 Å². The molecule has 0 saturated carbocycles. The summed E-state index contributed by atoms with van der Waals surface area (Å²) in [4.78, 5) is 27.9. The third-order valence-electron chi connectivity index (χ3n) is 3.72. The van der Waals surface area contributed by atoms with Crippen LogP contribution in [0.1, 0.15) is 38.1 Å². The summed E-state index contributed by atoms with van der Waals surface area (Å²) in [6.45, 7) is 7.73. The molecule has 1 saturated heterocycles. The maximum absolute atomic E-state index is 12.4. The Morgan fingerprint density at radius 1 is 1.43 bits per heavy atom. The fraction of sp³-hybridized carbons (Fsp3) is 0.600. The lowest BCUT2D eigenvalue weighted by Gasteiger charge is -2.27. The minimum absolute atomic E-state index is 0.00754. The van der Waals surface area contributed by atoms with Crippen molar-refractivity contribution in [2.45, 2.75) is 37.8 Å². The lowest BCUT2D eigenvalue weighted by atomic mass is 10.2. The first-order valence-corrected chi connectivity index (χ1v) is 9.22. The highest BCUT2D eigenvalue weighted by Crippen LogP contribution is 2.43. The molecular formula is C15H22N2O2S2. The highest BCUT2D eigenvalue weighted by Gasteiger charge is 2.38. The fourth-order valence-corrected chi connectivity index (χ4v) is 4.55. The highest BCUT2D eigenvalue weighted by atomic mass is 32.2. The summed E-state index contributed by atoms with van der Waals surface area (Å²) < 4.78 is 0. The Balaban J connectivity index is 2.05. The van der Waals surface area contributed by atoms with E-state index < -0.39 is 0 Å². The number of hydrogen-bond acceptors (Lipinski definition) is 4. The normalized spacial score (nSPS) is 21.9. The first-order chi connectivity index (χ1) is 10.1. The molecule has 0 N–H and O–H groups in total. The molecule has 1 aliphatic rings. The molecule has 0 spiro atoms. The zero-order valence-electron chi connectivity index (χ0n) is 12.7. The Morgan fingerprint density at radius 2 is 2.19 bits per heavy atom. The second-order valence-electron chi connectivity index (χ2n) is 5.05. The Kier molecular flexibility index (Phi) is 5.70. The molecule has 6 heteroatoms. The SMILES string of the molecule is CCC(=O)N(CC)CCN1C(=O)[C@H](C)S[C@H]1c1ccsc1. The maximum Gasteiger partial charge on any atom is 0.236 e. The zero-order chi connectivity index (χ0) is 15.4. The van der Waals surface area contributed by atoms with Crippen LogP contribution >= 0.6 is 23.1 Å². The summed E-state index contributed by atoms with van der Waals surface area (Å²) in [6.07, 6.45) is 0.515. The van der Waals surface area contributed by atoms with Gasteiger partial charge in [-0.1, -0.05) is 6.92 Å². The maximum atomic E-state index is 12.4. The molecule has 1 aliphatic heterocycles. The molecule has 1 aromatic heterocycles. The van der Waals surface area contributed by atoms with E-state index in [0.717, 1.165) is 0 Å². The minimum atomic E-state index is -0.00754. The van der Waals surface area contributed by atoms with Gasteiger partial charge in [0, 0.05) is 26.1 Å². The van der Waals surface area contributed by atoms with Gasteiger partial charge in [-0.15, -0.1) is 11.8 Å². The van der Waals surface area contributed by atoms with Gasteiger partial charge in [-0.2, -0.15) is 11.3 Å². The van der Waals surface area contributed by atoms with Gasteiger partial charge in [0.15, 0.2) is 0 Å². The molecular weight excluding hydrogens is 304 g/mol. The van der Waals surface area contributed by atoms with Crippen LogP contribution < -0.4 is 0 Å². The van der Waals surface area contributed by atoms with Crippen LogP contribution in [0, 0.1) is 0 Å². The van der Waals surface area contributed by atoms with Gasteiger partial charge < -0.3 is 9.80 Å². The third kappa shape index (κ3) is 3.61. The highest BCUT2D eigenvalue weighted by molar-refractivity contribution is 8.01. The van der Waals surface area contributed by atoms with Crippen molar-refractivity contribution in [1.82, 2.24) is 9.80 Å². The van der Waals surface area contributed by atoms with E-state index in [1.54, 1.807) is 23.1 Å². The summed E-state index contributed by atoms with van der Waals surface area (Å²) in [5.74, 6) is 0.327. The van der Waals surface area contributed by atoms with Gasteiger partial charge in [-0.25, -0.2) is 0 Å². The van der Waals surface area contributed by atoms with Crippen molar-refractivity contribution in [2.24, 2.45) is 0 Å². The van der Waals surface area contributed by atoms with Gasteiger partial charge in [0.25, 0.3) is 0 Å². The molecule has 4 nitrogen and oxygen atoms in total. The number of carbonyl (C=O) groups is 2. The van der Waals surface area contributed by atoms with Gasteiger partial charge in [0.2, 0.25) is 11.8 Å². The van der Waals surface area contributed by atoms with Crippen molar-refractivity contribution >= 4 is 34.9 Å². The van der Waals surface area contributed by atoms with Crippen LogP contribution in [0.4, 0.5) is 0 Å². The first kappa shape index (κ1) is 16.4. The van der Waals surface area contributed by atoms with Crippen LogP contribution in [0.15, 0.2) is 16.8 Å². The summed E-state index contributed by atoms with van der Waals surface area (Å²) in [6, 6.07) is 2.08. The molecule has 1 fully saturated rings. The van der Waals surface area contributed by atoms with Crippen molar-refractivity contribution in [3.63, 3.8) is 0 Å². The molecule has 21 heavy (non-hydrogen) atoms. The van der Waals surface area contributed by atoms with E-state index in [2.05, 4.69) is 11.4 Å². The number of likely N-dealkylation sites (N-methyl/N-ethyl adjacent to an activating group) is 1. The quantitative estimate of drug-likeness (QED) is 0.807. The second-order valence-corrected chi connectivity index (χ2v) is 7.25. The Morgan fingerprint density at radius 3 is 2.76 bits per heavy atom. The summed E-state index contributed by atoms with van der Waals surface area (Å²) >= 11 is 3.34. The van der Waals surface area contributed by atoms with Crippen LogP contribution in [-0.4, -0.2) is 46.5 Å². The lowest BCUT2D eigenvalue weighted by molar-refractivity contribution is -0.134. The van der Waals surface area contributed by atoms with E-state index in [-0.39, 0.29) is 22.4 Å². The van der Waals surface area contributed by atoms with Crippen LogP contribution in [0.25, 0.3) is 0 Å². The third-order valence-corrected chi connectivity index (χ3v) is 5.82. The van der Waals surface area contributed by atoms with Crippen LogP contribution in [-0.2, 0) is 9.59 Å². The standard InChI is InChI=1S/C15H22N2O2S2/c1-4-13(18)16(5-2)7-8-17-14(19)11(3)21-15(17)12-6-9-20-10-12/h6,9-11,15H,4-5,7-8H2,1-3H3/t11-,15-/m0/s1. The zero-order valence-corrected chi connectivity index (χ0v) is 14.4. The number of amides is 2. The summed E-state index contributed by atoms with van der Waals surface area (Å²) in [5, 5.41) is 4.23. The Hall–Kier alpha value is -1.01. The Labute approximate surface area is 134 Å². The van der Waals surface area contributed by atoms with Crippen LogP contribution in [0.3, 0.4) is 0 Å².